The summed E-state index contributed by atoms with van der Waals surface area (Å²) in [7, 11) is 0. The third-order valence-electron chi connectivity index (χ3n) is 5.73. The van der Waals surface area contributed by atoms with Crippen LogP contribution in [0.15, 0.2) is 108 Å². The van der Waals surface area contributed by atoms with Crippen molar-refractivity contribution in [3.05, 3.63) is 114 Å². The number of halogens is 3. The number of oxazole rings is 1. The van der Waals surface area contributed by atoms with Gasteiger partial charge in [0.25, 0.3) is 5.91 Å². The summed E-state index contributed by atoms with van der Waals surface area (Å²) in [5.41, 5.74) is 1.75. The molecule has 0 saturated carbocycles. The highest BCUT2D eigenvalue weighted by atomic mass is 19.4. The van der Waals surface area contributed by atoms with E-state index in [1.54, 1.807) is 78.9 Å². The summed E-state index contributed by atoms with van der Waals surface area (Å²) in [4.78, 5) is 17.4. The first-order chi connectivity index (χ1) is 17.8. The molecule has 4 aromatic carbocycles. The largest absolute Gasteiger partial charge is 0.507 e. The standard InChI is InChI=1S/C29H19F3N2O3/c30-29(31,32)20-16-14-18(15-17-20)25-28(34-26(36)19-8-2-1-3-9-19)37-27(33-25)23-12-5-4-10-21(23)22-11-6-7-13-24(22)35/h1-17,35H,(H,34,36). The van der Waals surface area contributed by atoms with Crippen LogP contribution >= 0.6 is 0 Å². The lowest BCUT2D eigenvalue weighted by Crippen LogP contribution is -2.11. The van der Waals surface area contributed by atoms with Gasteiger partial charge in [-0.3, -0.25) is 10.1 Å². The molecule has 0 spiro atoms. The lowest BCUT2D eigenvalue weighted by Gasteiger charge is -2.08. The lowest BCUT2D eigenvalue weighted by molar-refractivity contribution is -0.137. The van der Waals surface area contributed by atoms with Crippen molar-refractivity contribution in [2.24, 2.45) is 0 Å². The predicted molar refractivity (Wildman–Crippen MR) is 134 cm³/mol. The van der Waals surface area contributed by atoms with Crippen LogP contribution in [0.1, 0.15) is 15.9 Å². The van der Waals surface area contributed by atoms with Gasteiger partial charge in [0.2, 0.25) is 11.8 Å². The maximum atomic E-state index is 13.1. The third-order valence-corrected chi connectivity index (χ3v) is 5.73. The number of amides is 1. The summed E-state index contributed by atoms with van der Waals surface area (Å²) in [5, 5.41) is 13.1. The molecule has 5 nitrogen and oxygen atoms in total. The topological polar surface area (TPSA) is 75.4 Å². The monoisotopic (exact) mass is 500 g/mol. The number of para-hydroxylation sites is 1. The zero-order valence-corrected chi connectivity index (χ0v) is 19.2. The van der Waals surface area contributed by atoms with Gasteiger partial charge < -0.3 is 9.52 Å². The Hall–Kier alpha value is -4.85. The minimum absolute atomic E-state index is 0.0179. The number of anilines is 1. The predicted octanol–water partition coefficient (Wildman–Crippen LogP) is 7.65. The average molecular weight is 500 g/mol. The molecule has 0 aliphatic carbocycles. The molecule has 184 valence electrons. The Kier molecular flexibility index (Phi) is 6.23. The number of carbonyl (C=O) groups excluding carboxylic acids is 1. The fourth-order valence-electron chi connectivity index (χ4n) is 3.90. The fourth-order valence-corrected chi connectivity index (χ4v) is 3.90. The lowest BCUT2D eigenvalue weighted by atomic mass is 9.99. The van der Waals surface area contributed by atoms with Crippen molar-refractivity contribution in [3.63, 3.8) is 0 Å². The van der Waals surface area contributed by atoms with Crippen LogP contribution in [0.25, 0.3) is 33.8 Å². The van der Waals surface area contributed by atoms with Gasteiger partial charge in [-0.15, -0.1) is 0 Å². The van der Waals surface area contributed by atoms with E-state index in [0.717, 1.165) is 12.1 Å². The molecule has 0 radical (unpaired) electrons. The molecular formula is C29H19F3N2O3. The van der Waals surface area contributed by atoms with Gasteiger partial charge in [0.15, 0.2) is 0 Å². The highest BCUT2D eigenvalue weighted by Gasteiger charge is 2.30. The number of rotatable bonds is 5. The maximum absolute atomic E-state index is 13.1. The van der Waals surface area contributed by atoms with Gasteiger partial charge in [0, 0.05) is 22.3 Å². The van der Waals surface area contributed by atoms with Crippen molar-refractivity contribution in [1.29, 1.82) is 0 Å². The van der Waals surface area contributed by atoms with E-state index >= 15 is 0 Å². The first-order valence-corrected chi connectivity index (χ1v) is 11.2. The van der Waals surface area contributed by atoms with E-state index in [1.165, 1.54) is 12.1 Å². The van der Waals surface area contributed by atoms with Crippen molar-refractivity contribution in [3.8, 4) is 39.6 Å². The van der Waals surface area contributed by atoms with Crippen LogP contribution < -0.4 is 5.32 Å². The number of phenolic OH excluding ortho intramolecular Hbond substituents is 1. The second-order valence-electron chi connectivity index (χ2n) is 8.15. The minimum atomic E-state index is -4.49. The van der Waals surface area contributed by atoms with Gasteiger partial charge in [0.1, 0.15) is 11.4 Å². The molecule has 37 heavy (non-hydrogen) atoms. The highest BCUT2D eigenvalue weighted by molar-refractivity contribution is 6.05. The number of benzene rings is 4. The molecule has 1 amide bonds. The molecule has 1 aromatic heterocycles. The summed E-state index contributed by atoms with van der Waals surface area (Å²) < 4.78 is 45.3. The quantitative estimate of drug-likeness (QED) is 0.260. The van der Waals surface area contributed by atoms with E-state index in [2.05, 4.69) is 10.3 Å². The average Bonchev–Trinajstić information content (AvgIpc) is 3.32. The molecule has 0 bridgehead atoms. The molecule has 0 aliphatic heterocycles. The summed E-state index contributed by atoms with van der Waals surface area (Å²) in [6.45, 7) is 0. The van der Waals surface area contributed by atoms with Gasteiger partial charge in [-0.2, -0.15) is 13.2 Å². The number of nitrogens with one attached hydrogen (secondary N) is 1. The second-order valence-corrected chi connectivity index (χ2v) is 8.15. The van der Waals surface area contributed by atoms with E-state index in [0.29, 0.717) is 27.8 Å². The normalized spacial score (nSPS) is 11.3. The van der Waals surface area contributed by atoms with E-state index in [9.17, 15) is 23.1 Å². The van der Waals surface area contributed by atoms with Crippen molar-refractivity contribution < 1.29 is 27.5 Å². The van der Waals surface area contributed by atoms with Gasteiger partial charge in [-0.25, -0.2) is 4.98 Å². The molecular weight excluding hydrogens is 481 g/mol. The molecule has 5 aromatic rings. The Morgan fingerprint density at radius 2 is 1.35 bits per heavy atom. The van der Waals surface area contributed by atoms with Gasteiger partial charge in [-0.05, 0) is 42.0 Å². The number of aromatic nitrogens is 1. The van der Waals surface area contributed by atoms with Crippen LogP contribution in [-0.2, 0) is 6.18 Å². The Morgan fingerprint density at radius 1 is 0.757 bits per heavy atom. The van der Waals surface area contributed by atoms with Crippen molar-refractivity contribution in [2.45, 2.75) is 6.18 Å². The van der Waals surface area contributed by atoms with Gasteiger partial charge in [-0.1, -0.05) is 66.7 Å². The molecule has 2 N–H and O–H groups in total. The van der Waals surface area contributed by atoms with Crippen LogP contribution in [-0.4, -0.2) is 16.0 Å². The smallest absolute Gasteiger partial charge is 0.416 e. The van der Waals surface area contributed by atoms with Gasteiger partial charge >= 0.3 is 6.18 Å². The van der Waals surface area contributed by atoms with Crippen LogP contribution in [0, 0.1) is 0 Å². The third kappa shape index (κ3) is 4.95. The van der Waals surface area contributed by atoms with Crippen molar-refractivity contribution in [1.82, 2.24) is 4.98 Å². The Balaban J connectivity index is 1.62. The Morgan fingerprint density at radius 3 is 2.00 bits per heavy atom. The molecule has 0 fully saturated rings. The minimum Gasteiger partial charge on any atom is -0.507 e. The first kappa shape index (κ1) is 23.9. The summed E-state index contributed by atoms with van der Waals surface area (Å²) in [6, 6.07) is 26.7. The second kappa shape index (κ2) is 9.66. The molecule has 1 heterocycles. The summed E-state index contributed by atoms with van der Waals surface area (Å²) >= 11 is 0. The number of hydrogen-bond acceptors (Lipinski definition) is 4. The molecule has 0 aliphatic rings. The number of nitrogens with zero attached hydrogens (tertiary/aromatic N) is 1. The van der Waals surface area contributed by atoms with E-state index in [-0.39, 0.29) is 23.2 Å². The maximum Gasteiger partial charge on any atom is 0.416 e. The highest BCUT2D eigenvalue weighted by Crippen LogP contribution is 2.40. The zero-order chi connectivity index (χ0) is 26.0. The Labute approximate surface area is 209 Å². The first-order valence-electron chi connectivity index (χ1n) is 11.2. The van der Waals surface area contributed by atoms with Crippen molar-refractivity contribution in [2.75, 3.05) is 5.32 Å². The zero-order valence-electron chi connectivity index (χ0n) is 19.2. The molecule has 0 atom stereocenters. The Bertz CT molecular complexity index is 1560. The molecule has 0 saturated heterocycles. The summed E-state index contributed by atoms with van der Waals surface area (Å²) in [6.07, 6.45) is -4.49. The van der Waals surface area contributed by atoms with Crippen LogP contribution in [0.5, 0.6) is 5.75 Å². The van der Waals surface area contributed by atoms with Crippen LogP contribution in [0.2, 0.25) is 0 Å². The van der Waals surface area contributed by atoms with E-state index in [4.69, 9.17) is 4.42 Å². The number of hydrogen-bond donors (Lipinski definition) is 2. The fraction of sp³-hybridized carbons (Fsp3) is 0.0345. The number of aromatic hydroxyl groups is 1. The molecule has 8 heteroatoms. The molecule has 5 rings (SSSR count). The van der Waals surface area contributed by atoms with E-state index in [1.807, 2.05) is 0 Å². The van der Waals surface area contributed by atoms with Crippen LogP contribution in [0.3, 0.4) is 0 Å². The van der Waals surface area contributed by atoms with E-state index < -0.39 is 17.6 Å². The number of carbonyl (C=O) groups is 1. The molecule has 0 unspecified atom stereocenters. The number of phenols is 1. The summed E-state index contributed by atoms with van der Waals surface area (Å²) in [5.74, 6) is -0.305. The SMILES string of the molecule is O=C(Nc1oc(-c2ccccc2-c2ccccc2O)nc1-c1ccc(C(F)(F)F)cc1)c1ccccc1. The van der Waals surface area contributed by atoms with Gasteiger partial charge in [0.05, 0.1) is 5.56 Å². The van der Waals surface area contributed by atoms with Crippen LogP contribution in [0.4, 0.5) is 19.1 Å². The van der Waals surface area contributed by atoms with Crippen molar-refractivity contribution >= 4 is 11.8 Å². The number of alkyl halides is 3.